The van der Waals surface area contributed by atoms with Crippen LogP contribution in [0.1, 0.15) is 36.7 Å². The number of nitrogens with zero attached hydrogens (tertiary/aromatic N) is 3. The largest absolute Gasteiger partial charge is 0.483 e. The van der Waals surface area contributed by atoms with E-state index < -0.39 is 5.60 Å². The van der Waals surface area contributed by atoms with Crippen molar-refractivity contribution in [1.82, 2.24) is 4.90 Å². The Bertz CT molecular complexity index is 808. The Morgan fingerprint density at radius 3 is 3.04 bits per heavy atom. The van der Waals surface area contributed by atoms with Crippen LogP contribution in [-0.2, 0) is 4.74 Å². The Hall–Kier alpha value is -2.46. The number of fused-ring (bicyclic) bond motifs is 1. The van der Waals surface area contributed by atoms with Gasteiger partial charge in [-0.25, -0.2) is 4.79 Å². The second-order valence-corrected chi connectivity index (χ2v) is 7.22. The highest BCUT2D eigenvalue weighted by Gasteiger charge is 2.33. The van der Waals surface area contributed by atoms with E-state index in [0.717, 1.165) is 23.6 Å². The van der Waals surface area contributed by atoms with E-state index in [-0.39, 0.29) is 5.97 Å². The Morgan fingerprint density at radius 2 is 2.32 bits per heavy atom. The zero-order chi connectivity index (χ0) is 18.0. The van der Waals surface area contributed by atoms with Crippen LogP contribution < -0.4 is 4.74 Å². The lowest BCUT2D eigenvalue weighted by Gasteiger charge is -2.34. The molecule has 7 heteroatoms. The maximum Gasteiger partial charge on any atom is 0.338 e. The molecule has 6 nitrogen and oxygen atoms in total. The number of nitriles is 1. The fourth-order valence-corrected chi connectivity index (χ4v) is 3.77. The average molecular weight is 357 g/mol. The van der Waals surface area contributed by atoms with Gasteiger partial charge in [-0.15, -0.1) is 4.99 Å². The quantitative estimate of drug-likeness (QED) is 0.610. The van der Waals surface area contributed by atoms with Gasteiger partial charge >= 0.3 is 5.97 Å². The highest BCUT2D eigenvalue weighted by atomic mass is 32.2. The van der Waals surface area contributed by atoms with Gasteiger partial charge in [-0.2, -0.15) is 5.26 Å². The highest BCUT2D eigenvalue weighted by Crippen LogP contribution is 2.40. The van der Waals surface area contributed by atoms with Crippen LogP contribution in [0.4, 0.5) is 0 Å². The number of hydrogen-bond acceptors (Lipinski definition) is 6. The summed E-state index contributed by atoms with van der Waals surface area (Å²) in [6.07, 6.45) is 3.87. The van der Waals surface area contributed by atoms with Gasteiger partial charge in [0.2, 0.25) is 6.19 Å². The molecule has 1 aromatic rings. The number of amidine groups is 1. The summed E-state index contributed by atoms with van der Waals surface area (Å²) in [6, 6.07) is 5.28. The fourth-order valence-electron chi connectivity index (χ4n) is 2.86. The molecule has 0 radical (unpaired) electrons. The third kappa shape index (κ3) is 3.49. The van der Waals surface area contributed by atoms with E-state index in [0.29, 0.717) is 23.1 Å². The minimum Gasteiger partial charge on any atom is -0.483 e. The average Bonchev–Trinajstić information content (AvgIpc) is 3.01. The lowest BCUT2D eigenvalue weighted by Crippen LogP contribution is -2.34. The predicted octanol–water partition coefficient (Wildman–Crippen LogP) is 3.26. The fraction of sp³-hybridized carbons (Fsp3) is 0.389. The molecule has 0 aromatic heterocycles. The molecular weight excluding hydrogens is 338 g/mol. The van der Waals surface area contributed by atoms with Crippen molar-refractivity contribution in [2.24, 2.45) is 4.99 Å². The predicted molar refractivity (Wildman–Crippen MR) is 97.3 cm³/mol. The van der Waals surface area contributed by atoms with Crippen LogP contribution in [0.15, 0.2) is 29.3 Å². The van der Waals surface area contributed by atoms with Gasteiger partial charge in [0.1, 0.15) is 11.4 Å². The molecule has 0 spiro atoms. The van der Waals surface area contributed by atoms with Gasteiger partial charge in [0.15, 0.2) is 5.17 Å². The van der Waals surface area contributed by atoms with Crippen molar-refractivity contribution in [3.05, 3.63) is 35.4 Å². The summed E-state index contributed by atoms with van der Waals surface area (Å²) in [4.78, 5) is 18.0. The van der Waals surface area contributed by atoms with Crippen molar-refractivity contribution in [3.63, 3.8) is 0 Å². The topological polar surface area (TPSA) is 74.9 Å². The molecule has 0 N–H and O–H groups in total. The lowest BCUT2D eigenvalue weighted by atomic mass is 9.97. The summed E-state index contributed by atoms with van der Waals surface area (Å²) in [5.74, 6) is 1.19. The van der Waals surface area contributed by atoms with Gasteiger partial charge in [0, 0.05) is 17.9 Å². The number of carbonyl (C=O) groups is 1. The Kier molecular flexibility index (Phi) is 4.73. The van der Waals surface area contributed by atoms with Crippen LogP contribution >= 0.6 is 11.8 Å². The molecule has 0 atom stereocenters. The van der Waals surface area contributed by atoms with E-state index >= 15 is 0 Å². The van der Waals surface area contributed by atoms with E-state index in [9.17, 15) is 4.79 Å². The minimum atomic E-state index is -0.501. The normalized spacial score (nSPS) is 19.7. The number of benzene rings is 1. The molecule has 3 rings (SSSR count). The molecule has 0 saturated carbocycles. The van der Waals surface area contributed by atoms with E-state index in [1.807, 2.05) is 31.0 Å². The maximum atomic E-state index is 12.1. The van der Waals surface area contributed by atoms with Crippen molar-refractivity contribution in [2.45, 2.75) is 26.4 Å². The maximum absolute atomic E-state index is 12.1. The lowest BCUT2D eigenvalue weighted by molar-refractivity contribution is 0.0526. The molecule has 0 amide bonds. The van der Waals surface area contributed by atoms with E-state index in [2.05, 4.69) is 4.99 Å². The summed E-state index contributed by atoms with van der Waals surface area (Å²) < 4.78 is 11.1. The zero-order valence-electron chi connectivity index (χ0n) is 14.4. The molecule has 2 aliphatic rings. The van der Waals surface area contributed by atoms with Crippen LogP contribution in [0, 0.1) is 11.5 Å². The minimum absolute atomic E-state index is 0.323. The van der Waals surface area contributed by atoms with Crippen LogP contribution in [0.3, 0.4) is 0 Å². The first-order valence-electron chi connectivity index (χ1n) is 8.05. The summed E-state index contributed by atoms with van der Waals surface area (Å²) in [5, 5.41) is 9.60. The van der Waals surface area contributed by atoms with Gasteiger partial charge in [-0.05, 0) is 45.0 Å². The number of esters is 1. The van der Waals surface area contributed by atoms with Crippen LogP contribution in [0.2, 0.25) is 0 Å². The third-order valence-electron chi connectivity index (χ3n) is 3.84. The number of carbonyl (C=O) groups excluding carboxylic acids is 1. The van der Waals surface area contributed by atoms with Gasteiger partial charge in [0.05, 0.1) is 17.9 Å². The molecule has 1 aromatic carbocycles. The molecule has 130 valence electrons. The van der Waals surface area contributed by atoms with Crippen LogP contribution in [0.25, 0.3) is 5.70 Å². The van der Waals surface area contributed by atoms with Crippen molar-refractivity contribution in [3.8, 4) is 11.9 Å². The standard InChI is InChI=1S/C18H19N3O3S/c1-4-23-16(22)12-5-6-15-13(9-12)14(10-18(2,3)24-15)21-7-8-25-17(21)20-11-19/h5-6,9-10H,4,7-8H2,1-3H3. The first kappa shape index (κ1) is 17.4. The molecule has 25 heavy (non-hydrogen) atoms. The first-order valence-corrected chi connectivity index (χ1v) is 9.04. The molecule has 0 bridgehead atoms. The van der Waals surface area contributed by atoms with Crippen molar-refractivity contribution >= 4 is 28.6 Å². The molecule has 2 aliphatic heterocycles. The van der Waals surface area contributed by atoms with Crippen LogP contribution in [-0.4, -0.2) is 40.5 Å². The summed E-state index contributed by atoms with van der Waals surface area (Å²) in [6.45, 7) is 6.79. The zero-order valence-corrected chi connectivity index (χ0v) is 15.2. The molecule has 1 fully saturated rings. The highest BCUT2D eigenvalue weighted by molar-refractivity contribution is 8.14. The van der Waals surface area contributed by atoms with E-state index in [1.54, 1.807) is 36.9 Å². The Labute approximate surface area is 151 Å². The first-order chi connectivity index (χ1) is 11.9. The second-order valence-electron chi connectivity index (χ2n) is 6.16. The van der Waals surface area contributed by atoms with Crippen molar-refractivity contribution < 1.29 is 14.3 Å². The number of thioether (sulfide) groups is 1. The number of hydrogen-bond donors (Lipinski definition) is 0. The molecular formula is C18H19N3O3S. The Balaban J connectivity index is 2.08. The molecule has 1 saturated heterocycles. The number of ether oxygens (including phenoxy) is 2. The summed E-state index contributed by atoms with van der Waals surface area (Å²) in [5.41, 5.74) is 1.67. The smallest absolute Gasteiger partial charge is 0.338 e. The van der Waals surface area contributed by atoms with Crippen LogP contribution in [0.5, 0.6) is 5.75 Å². The van der Waals surface area contributed by atoms with Gasteiger partial charge in [-0.3, -0.25) is 0 Å². The molecule has 0 aliphatic carbocycles. The van der Waals surface area contributed by atoms with Gasteiger partial charge in [-0.1, -0.05) is 11.8 Å². The number of rotatable bonds is 3. The SMILES string of the molecule is CCOC(=O)c1ccc2c(c1)C(N1CCSC1=NC#N)=CC(C)(C)O2. The monoisotopic (exact) mass is 357 g/mol. The summed E-state index contributed by atoms with van der Waals surface area (Å²) in [7, 11) is 0. The second kappa shape index (κ2) is 6.81. The van der Waals surface area contributed by atoms with Gasteiger partial charge < -0.3 is 14.4 Å². The van der Waals surface area contributed by atoms with Crippen molar-refractivity contribution in [2.75, 3.05) is 18.9 Å². The molecule has 0 unspecified atom stereocenters. The molecule has 2 heterocycles. The number of aliphatic imine (C=N–C) groups is 1. The summed E-state index contributed by atoms with van der Waals surface area (Å²) >= 11 is 1.54. The van der Waals surface area contributed by atoms with Crippen molar-refractivity contribution in [1.29, 1.82) is 5.26 Å². The third-order valence-corrected chi connectivity index (χ3v) is 4.79. The van der Waals surface area contributed by atoms with E-state index in [1.165, 1.54) is 0 Å². The van der Waals surface area contributed by atoms with Gasteiger partial charge in [0.25, 0.3) is 0 Å². The Morgan fingerprint density at radius 1 is 1.52 bits per heavy atom. The van der Waals surface area contributed by atoms with E-state index in [4.69, 9.17) is 14.7 Å².